The van der Waals surface area contributed by atoms with Crippen molar-refractivity contribution in [1.82, 2.24) is 4.98 Å². The third-order valence-corrected chi connectivity index (χ3v) is 4.54. The smallest absolute Gasteiger partial charge is 0.140 e. The zero-order chi connectivity index (χ0) is 11.4. The first-order valence-electron chi connectivity index (χ1n) is 5.66. The Balaban J connectivity index is 1.98. The van der Waals surface area contributed by atoms with Crippen LogP contribution < -0.4 is 5.32 Å². The summed E-state index contributed by atoms with van der Waals surface area (Å²) in [5.41, 5.74) is 0.276. The van der Waals surface area contributed by atoms with E-state index in [1.165, 1.54) is 25.7 Å². The molecule has 1 aliphatic rings. The van der Waals surface area contributed by atoms with E-state index in [0.717, 1.165) is 22.7 Å². The van der Waals surface area contributed by atoms with E-state index in [-0.39, 0.29) is 5.41 Å². The number of nitrogens with zero attached hydrogens (tertiary/aromatic N) is 1. The zero-order valence-corrected chi connectivity index (χ0v) is 11.5. The Morgan fingerprint density at radius 1 is 1.44 bits per heavy atom. The fourth-order valence-corrected chi connectivity index (χ4v) is 3.03. The maximum atomic E-state index is 6.10. The molecule has 1 aliphatic carbocycles. The highest BCUT2D eigenvalue weighted by atomic mass is 79.9. The van der Waals surface area contributed by atoms with Crippen LogP contribution in [0.2, 0.25) is 0 Å². The molecule has 1 aromatic heterocycles. The average Bonchev–Trinajstić information content (AvgIpc) is 2.78. The molecule has 1 fully saturated rings. The van der Waals surface area contributed by atoms with Gasteiger partial charge in [0.2, 0.25) is 0 Å². The van der Waals surface area contributed by atoms with Crippen molar-refractivity contribution in [2.24, 2.45) is 5.41 Å². The van der Waals surface area contributed by atoms with Gasteiger partial charge in [0, 0.05) is 24.0 Å². The Labute approximate surface area is 110 Å². The lowest BCUT2D eigenvalue weighted by Crippen LogP contribution is -2.28. The number of anilines is 1. The molecule has 0 radical (unpaired) electrons. The fraction of sp³-hybridized carbons (Fsp3) is 0.583. The Hall–Kier alpha value is -0.280. The molecular formula is C12H16BrClN2. The van der Waals surface area contributed by atoms with Crippen molar-refractivity contribution in [1.29, 1.82) is 0 Å². The van der Waals surface area contributed by atoms with Crippen LogP contribution in [-0.4, -0.2) is 17.4 Å². The molecule has 0 amide bonds. The van der Waals surface area contributed by atoms with Gasteiger partial charge in [0.1, 0.15) is 5.82 Å². The summed E-state index contributed by atoms with van der Waals surface area (Å²) in [6.07, 6.45) is 6.87. The molecule has 0 unspecified atom stereocenters. The van der Waals surface area contributed by atoms with Crippen molar-refractivity contribution >= 4 is 33.3 Å². The highest BCUT2D eigenvalue weighted by molar-refractivity contribution is 9.10. The largest absolute Gasteiger partial charge is 0.369 e. The van der Waals surface area contributed by atoms with Crippen molar-refractivity contribution in [3.05, 3.63) is 22.8 Å². The summed E-state index contributed by atoms with van der Waals surface area (Å²) >= 11 is 9.59. The highest BCUT2D eigenvalue weighted by Gasteiger charge is 2.32. The van der Waals surface area contributed by atoms with Crippen LogP contribution in [0.4, 0.5) is 5.82 Å². The first-order chi connectivity index (χ1) is 7.76. The van der Waals surface area contributed by atoms with Gasteiger partial charge in [-0.1, -0.05) is 12.8 Å². The Morgan fingerprint density at radius 3 is 2.81 bits per heavy atom. The monoisotopic (exact) mass is 302 g/mol. The Bertz CT molecular complexity index is 351. The number of alkyl halides is 1. The first kappa shape index (κ1) is 12.2. The van der Waals surface area contributed by atoms with Crippen molar-refractivity contribution < 1.29 is 0 Å². The molecule has 0 atom stereocenters. The third-order valence-electron chi connectivity index (χ3n) is 3.34. The van der Waals surface area contributed by atoms with E-state index >= 15 is 0 Å². The van der Waals surface area contributed by atoms with Crippen LogP contribution in [-0.2, 0) is 0 Å². The summed E-state index contributed by atoms with van der Waals surface area (Å²) in [6.45, 7) is 0.923. The molecule has 0 spiro atoms. The summed E-state index contributed by atoms with van der Waals surface area (Å²) in [5.74, 6) is 1.66. The maximum absolute atomic E-state index is 6.10. The zero-order valence-electron chi connectivity index (χ0n) is 9.18. The van der Waals surface area contributed by atoms with Gasteiger partial charge in [0.05, 0.1) is 4.47 Å². The summed E-state index contributed by atoms with van der Waals surface area (Å²) in [5, 5.41) is 3.40. The number of halogens is 2. The molecule has 2 rings (SSSR count). The Morgan fingerprint density at radius 2 is 2.19 bits per heavy atom. The number of nitrogens with one attached hydrogen (secondary N) is 1. The first-order valence-corrected chi connectivity index (χ1v) is 6.99. The summed E-state index contributed by atoms with van der Waals surface area (Å²) < 4.78 is 1.01. The van der Waals surface area contributed by atoms with Gasteiger partial charge in [-0.2, -0.15) is 0 Å². The van der Waals surface area contributed by atoms with E-state index in [4.69, 9.17) is 11.6 Å². The van der Waals surface area contributed by atoms with Gasteiger partial charge in [0.25, 0.3) is 0 Å². The minimum Gasteiger partial charge on any atom is -0.369 e. The second-order valence-corrected chi connectivity index (χ2v) is 5.65. The minimum atomic E-state index is 0.276. The van der Waals surface area contributed by atoms with Crippen LogP contribution >= 0.6 is 27.5 Å². The molecule has 1 N–H and O–H groups in total. The normalized spacial score (nSPS) is 18.6. The van der Waals surface area contributed by atoms with Gasteiger partial charge >= 0.3 is 0 Å². The number of hydrogen-bond donors (Lipinski definition) is 1. The van der Waals surface area contributed by atoms with Crippen molar-refractivity contribution in [2.75, 3.05) is 17.7 Å². The third kappa shape index (κ3) is 2.69. The second-order valence-electron chi connectivity index (χ2n) is 4.53. The van der Waals surface area contributed by atoms with Crippen molar-refractivity contribution in [2.45, 2.75) is 25.7 Å². The van der Waals surface area contributed by atoms with Crippen LogP contribution in [0.25, 0.3) is 0 Å². The molecule has 0 bridgehead atoms. The lowest BCUT2D eigenvalue weighted by Gasteiger charge is -2.26. The molecule has 4 heteroatoms. The van der Waals surface area contributed by atoms with E-state index in [2.05, 4.69) is 26.2 Å². The van der Waals surface area contributed by atoms with Gasteiger partial charge in [-0.25, -0.2) is 4.98 Å². The molecule has 1 aromatic rings. The molecule has 2 nitrogen and oxygen atoms in total. The fourth-order valence-electron chi connectivity index (χ4n) is 2.27. The van der Waals surface area contributed by atoms with Crippen LogP contribution in [0.15, 0.2) is 22.8 Å². The number of rotatable bonds is 4. The predicted molar refractivity (Wildman–Crippen MR) is 72.0 cm³/mol. The quantitative estimate of drug-likeness (QED) is 0.849. The van der Waals surface area contributed by atoms with E-state index in [1.54, 1.807) is 6.20 Å². The SMILES string of the molecule is ClCC1(CNc2ncccc2Br)CCCC1. The standard InChI is InChI=1S/C12H16BrClN2/c13-10-4-3-7-15-11(10)16-9-12(8-14)5-1-2-6-12/h3-4,7H,1-2,5-6,8-9H2,(H,15,16). The molecule has 16 heavy (non-hydrogen) atoms. The average molecular weight is 304 g/mol. The summed E-state index contributed by atoms with van der Waals surface area (Å²) in [7, 11) is 0. The van der Waals surface area contributed by atoms with Crippen LogP contribution in [0.1, 0.15) is 25.7 Å². The van der Waals surface area contributed by atoms with E-state index in [0.29, 0.717) is 0 Å². The number of hydrogen-bond acceptors (Lipinski definition) is 2. The van der Waals surface area contributed by atoms with Gasteiger partial charge in [0.15, 0.2) is 0 Å². The number of aromatic nitrogens is 1. The van der Waals surface area contributed by atoms with Crippen molar-refractivity contribution in [3.63, 3.8) is 0 Å². The molecule has 88 valence electrons. The predicted octanol–water partition coefficient (Wildman–Crippen LogP) is 4.06. The Kier molecular flexibility index (Phi) is 4.09. The highest BCUT2D eigenvalue weighted by Crippen LogP contribution is 2.39. The van der Waals surface area contributed by atoms with Gasteiger partial charge < -0.3 is 5.32 Å². The second kappa shape index (κ2) is 5.37. The van der Waals surface area contributed by atoms with E-state index in [1.807, 2.05) is 12.1 Å². The topological polar surface area (TPSA) is 24.9 Å². The molecule has 0 aliphatic heterocycles. The van der Waals surface area contributed by atoms with Gasteiger partial charge in [-0.15, -0.1) is 11.6 Å². The lowest BCUT2D eigenvalue weighted by molar-refractivity contribution is 0.368. The molecular weight excluding hydrogens is 288 g/mol. The van der Waals surface area contributed by atoms with Crippen LogP contribution in [0, 0.1) is 5.41 Å². The van der Waals surface area contributed by atoms with Gasteiger partial charge in [-0.3, -0.25) is 0 Å². The van der Waals surface area contributed by atoms with Crippen LogP contribution in [0.3, 0.4) is 0 Å². The van der Waals surface area contributed by atoms with Gasteiger partial charge in [-0.05, 0) is 40.9 Å². The van der Waals surface area contributed by atoms with E-state index in [9.17, 15) is 0 Å². The van der Waals surface area contributed by atoms with E-state index < -0.39 is 0 Å². The minimum absolute atomic E-state index is 0.276. The molecule has 1 saturated carbocycles. The summed E-state index contributed by atoms with van der Waals surface area (Å²) in [6, 6.07) is 3.92. The summed E-state index contributed by atoms with van der Waals surface area (Å²) in [4.78, 5) is 4.30. The molecule has 1 heterocycles. The maximum Gasteiger partial charge on any atom is 0.140 e. The molecule has 0 saturated heterocycles. The van der Waals surface area contributed by atoms with Crippen LogP contribution in [0.5, 0.6) is 0 Å². The lowest BCUT2D eigenvalue weighted by atomic mass is 9.88. The number of pyridine rings is 1. The van der Waals surface area contributed by atoms with Crippen molar-refractivity contribution in [3.8, 4) is 0 Å². The molecule has 0 aromatic carbocycles.